The first kappa shape index (κ1) is 65.2. The molecule has 3 N–H and O–H groups in total. The van der Waals surface area contributed by atoms with Crippen molar-refractivity contribution in [1.29, 1.82) is 0 Å². The van der Waals surface area contributed by atoms with E-state index in [0.717, 1.165) is 51.4 Å². The molecule has 3 unspecified atom stereocenters. The highest BCUT2D eigenvalue weighted by Gasteiger charge is 2.27. The van der Waals surface area contributed by atoms with Crippen molar-refractivity contribution in [2.75, 3.05) is 40.9 Å². The number of hydrogen-bond acceptors (Lipinski definition) is 5. The van der Waals surface area contributed by atoms with Gasteiger partial charge in [0.05, 0.1) is 39.9 Å². The zero-order valence-electron chi connectivity index (χ0n) is 44.6. The van der Waals surface area contributed by atoms with Crippen molar-refractivity contribution in [3.8, 4) is 0 Å². The lowest BCUT2D eigenvalue weighted by atomic mass is 10.0. The molecule has 0 aliphatic carbocycles. The molecule has 0 bridgehead atoms. The van der Waals surface area contributed by atoms with Crippen LogP contribution in [0.25, 0.3) is 0 Å². The quantitative estimate of drug-likeness (QED) is 0.0243. The maximum Gasteiger partial charge on any atom is 0.472 e. The number of phosphoric acid groups is 1. The first-order chi connectivity index (χ1) is 32.5. The van der Waals surface area contributed by atoms with E-state index in [9.17, 15) is 19.4 Å². The van der Waals surface area contributed by atoms with E-state index in [0.29, 0.717) is 17.4 Å². The third-order valence-corrected chi connectivity index (χ3v) is 13.4. The van der Waals surface area contributed by atoms with E-state index in [1.165, 1.54) is 180 Å². The first-order valence-corrected chi connectivity index (χ1v) is 29.7. The number of nitrogens with one attached hydrogen (secondary N) is 1. The van der Waals surface area contributed by atoms with Crippen LogP contribution in [0.4, 0.5) is 0 Å². The molecule has 0 saturated heterocycles. The number of rotatable bonds is 51. The van der Waals surface area contributed by atoms with Gasteiger partial charge in [0.2, 0.25) is 5.91 Å². The van der Waals surface area contributed by atoms with E-state index in [2.05, 4.69) is 67.8 Å². The van der Waals surface area contributed by atoms with Gasteiger partial charge in [0.1, 0.15) is 13.2 Å². The zero-order valence-corrected chi connectivity index (χ0v) is 45.5. The number of carbonyl (C=O) groups excluding carboxylic acids is 1. The van der Waals surface area contributed by atoms with Crippen LogP contribution < -0.4 is 5.32 Å². The largest absolute Gasteiger partial charge is 0.472 e. The zero-order chi connectivity index (χ0) is 49.2. The maximum atomic E-state index is 13.0. The molecule has 67 heavy (non-hydrogen) atoms. The average Bonchev–Trinajstić information content (AvgIpc) is 3.29. The fourth-order valence-corrected chi connectivity index (χ4v) is 8.72. The summed E-state index contributed by atoms with van der Waals surface area (Å²) >= 11 is 0. The highest BCUT2D eigenvalue weighted by molar-refractivity contribution is 7.47. The van der Waals surface area contributed by atoms with Gasteiger partial charge >= 0.3 is 7.82 Å². The third-order valence-electron chi connectivity index (χ3n) is 12.4. The van der Waals surface area contributed by atoms with Gasteiger partial charge in [-0.3, -0.25) is 13.8 Å². The number of aliphatic hydroxyl groups is 1. The number of hydrogen-bond donors (Lipinski definition) is 3. The van der Waals surface area contributed by atoms with Crippen molar-refractivity contribution in [2.45, 2.75) is 264 Å². The number of nitrogens with zero attached hydrogens (tertiary/aromatic N) is 1. The summed E-state index contributed by atoms with van der Waals surface area (Å²) in [4.78, 5) is 23.3. The summed E-state index contributed by atoms with van der Waals surface area (Å²) in [6.45, 7) is 4.79. The summed E-state index contributed by atoms with van der Waals surface area (Å²) in [5, 5.41) is 13.9. The molecule has 0 aromatic carbocycles. The van der Waals surface area contributed by atoms with Crippen molar-refractivity contribution in [2.24, 2.45) is 0 Å². The Bertz CT molecular complexity index is 1270. The average molecular weight is 962 g/mol. The number of carbonyl (C=O) groups is 1. The molecule has 3 atom stereocenters. The van der Waals surface area contributed by atoms with Gasteiger partial charge in [-0.1, -0.05) is 229 Å². The van der Waals surface area contributed by atoms with E-state index in [-0.39, 0.29) is 19.1 Å². The molecule has 392 valence electrons. The molecule has 0 spiro atoms. The normalized spacial score (nSPS) is 14.4. The molecule has 0 saturated carbocycles. The Hall–Kier alpha value is -1.80. The second kappa shape index (κ2) is 49.2. The number of allylic oxidation sites excluding steroid dienone is 9. The van der Waals surface area contributed by atoms with Gasteiger partial charge in [-0.25, -0.2) is 4.57 Å². The van der Waals surface area contributed by atoms with Gasteiger partial charge in [0, 0.05) is 6.42 Å². The van der Waals surface area contributed by atoms with Crippen molar-refractivity contribution < 1.29 is 32.9 Å². The van der Waals surface area contributed by atoms with Gasteiger partial charge in [0.15, 0.2) is 0 Å². The molecule has 1 amide bonds. The summed E-state index contributed by atoms with van der Waals surface area (Å²) in [6.07, 6.45) is 66.0. The van der Waals surface area contributed by atoms with Crippen molar-refractivity contribution in [3.05, 3.63) is 60.8 Å². The monoisotopic (exact) mass is 962 g/mol. The van der Waals surface area contributed by atoms with Crippen molar-refractivity contribution in [3.63, 3.8) is 0 Å². The second-order valence-electron chi connectivity index (χ2n) is 20.3. The molecule has 8 nitrogen and oxygen atoms in total. The van der Waals surface area contributed by atoms with Crippen LogP contribution in [0.1, 0.15) is 251 Å². The van der Waals surface area contributed by atoms with Gasteiger partial charge in [-0.2, -0.15) is 0 Å². The maximum absolute atomic E-state index is 13.0. The number of phosphoric ester groups is 1. The molecular weight excluding hydrogens is 852 g/mol. The summed E-state index contributed by atoms with van der Waals surface area (Å²) in [7, 11) is 1.55. The highest BCUT2D eigenvalue weighted by Crippen LogP contribution is 2.43. The van der Waals surface area contributed by atoms with E-state index in [1.807, 2.05) is 27.2 Å². The van der Waals surface area contributed by atoms with Crippen LogP contribution in [0.15, 0.2) is 60.8 Å². The first-order valence-electron chi connectivity index (χ1n) is 28.2. The van der Waals surface area contributed by atoms with Gasteiger partial charge in [-0.15, -0.1) is 0 Å². The molecule has 0 aliphatic heterocycles. The number of likely N-dealkylation sites (N-methyl/N-ethyl adjacent to an activating group) is 1. The predicted octanol–water partition coefficient (Wildman–Crippen LogP) is 16.9. The van der Waals surface area contributed by atoms with Crippen molar-refractivity contribution in [1.82, 2.24) is 5.32 Å². The molecule has 0 aromatic rings. The van der Waals surface area contributed by atoms with Crippen LogP contribution in [0, 0.1) is 0 Å². The Morgan fingerprint density at radius 3 is 1.28 bits per heavy atom. The van der Waals surface area contributed by atoms with Crippen LogP contribution in [0.2, 0.25) is 0 Å². The fourth-order valence-electron chi connectivity index (χ4n) is 7.99. The second-order valence-corrected chi connectivity index (χ2v) is 21.7. The van der Waals surface area contributed by atoms with Crippen LogP contribution in [0.5, 0.6) is 0 Å². The summed E-state index contributed by atoms with van der Waals surface area (Å²) in [5.41, 5.74) is 0. The Labute approximate surface area is 415 Å². The SMILES string of the molecule is CCCCCCC/C=C\C/C=C\CCCCCCCCCCCCCCCC(=O)NC(COP(=O)(O)OCC[N+](C)(C)C)C(O)/C=C/CC/C=C/CC/C=C/CCCCCCCCCCCC. The fraction of sp³-hybridized carbons (Fsp3) is 0.810. The third kappa shape index (κ3) is 51.9. The Balaban J connectivity index is 4.29. The van der Waals surface area contributed by atoms with Crippen molar-refractivity contribution >= 4 is 13.7 Å². The minimum Gasteiger partial charge on any atom is -0.387 e. The molecule has 0 radical (unpaired) electrons. The number of unbranched alkanes of at least 4 members (excludes halogenated alkanes) is 30. The number of aliphatic hydroxyl groups excluding tert-OH is 1. The van der Waals surface area contributed by atoms with Gasteiger partial charge < -0.3 is 19.8 Å². The summed E-state index contributed by atoms with van der Waals surface area (Å²) in [5.74, 6) is -0.191. The van der Waals surface area contributed by atoms with E-state index in [1.54, 1.807) is 6.08 Å². The summed E-state index contributed by atoms with van der Waals surface area (Å²) < 4.78 is 23.7. The van der Waals surface area contributed by atoms with E-state index in [4.69, 9.17) is 9.05 Å². The molecule has 0 heterocycles. The molecule has 9 heteroatoms. The summed E-state index contributed by atoms with van der Waals surface area (Å²) in [6, 6.07) is -0.872. The molecular formula is C58H110N2O6P+. The molecule has 0 rings (SSSR count). The lowest BCUT2D eigenvalue weighted by Crippen LogP contribution is -2.45. The van der Waals surface area contributed by atoms with Crippen LogP contribution >= 0.6 is 7.82 Å². The van der Waals surface area contributed by atoms with Gasteiger partial charge in [-0.05, 0) is 77.0 Å². The minimum atomic E-state index is -4.36. The Morgan fingerprint density at radius 2 is 0.866 bits per heavy atom. The van der Waals surface area contributed by atoms with Crippen LogP contribution in [-0.2, 0) is 18.4 Å². The minimum absolute atomic E-state index is 0.0521. The number of amides is 1. The Morgan fingerprint density at radius 1 is 0.507 bits per heavy atom. The Kier molecular flexibility index (Phi) is 47.9. The molecule has 0 aromatic heterocycles. The number of quaternary nitrogens is 1. The van der Waals surface area contributed by atoms with Crippen LogP contribution in [0.3, 0.4) is 0 Å². The van der Waals surface area contributed by atoms with Gasteiger partial charge in [0.25, 0.3) is 0 Å². The highest BCUT2D eigenvalue weighted by atomic mass is 31.2. The smallest absolute Gasteiger partial charge is 0.387 e. The standard InChI is InChI=1S/C58H109N2O6P/c1-6-8-10-12-14-16-18-20-22-24-26-28-29-30-31-32-34-36-38-40-42-44-46-48-50-52-58(62)59-56(55-66-67(63,64)65-54-53-60(3,4)5)57(61)51-49-47-45-43-41-39-37-35-33-27-25-23-21-19-17-15-13-11-9-7-2/h18,20,24,26,33,35,41,43,49,51,56-57,61H,6-17,19,21-23,25,27-32,34,36-40,42,44-48,50,52-55H2,1-5H3,(H-,59,62,63,64)/p+1/b20-18-,26-24-,35-33+,43-41+,51-49+. The topological polar surface area (TPSA) is 105 Å². The lowest BCUT2D eigenvalue weighted by Gasteiger charge is -2.25. The molecule has 0 fully saturated rings. The molecule has 0 aliphatic rings. The van der Waals surface area contributed by atoms with Crippen LogP contribution in [-0.4, -0.2) is 73.4 Å². The predicted molar refractivity (Wildman–Crippen MR) is 290 cm³/mol. The lowest BCUT2D eigenvalue weighted by molar-refractivity contribution is -0.870. The van der Waals surface area contributed by atoms with E-state index >= 15 is 0 Å². The van der Waals surface area contributed by atoms with E-state index < -0.39 is 20.0 Å².